The van der Waals surface area contributed by atoms with E-state index in [-0.39, 0.29) is 0 Å². The first-order chi connectivity index (χ1) is 4.65. The van der Waals surface area contributed by atoms with E-state index in [1.165, 1.54) is 6.92 Å². The molecule has 1 aliphatic rings. The lowest BCUT2D eigenvalue weighted by molar-refractivity contribution is 0.109. The van der Waals surface area contributed by atoms with Crippen molar-refractivity contribution in [3.8, 4) is 0 Å². The van der Waals surface area contributed by atoms with Crippen LogP contribution in [0.5, 0.6) is 0 Å². The topological polar surface area (TPSA) is 55.8 Å². The van der Waals surface area contributed by atoms with Gasteiger partial charge in [0.25, 0.3) is 0 Å². The van der Waals surface area contributed by atoms with Gasteiger partial charge in [-0.05, 0) is 13.3 Å². The van der Waals surface area contributed by atoms with Crippen LogP contribution >= 0.6 is 7.60 Å². The third kappa shape index (κ3) is 1.58. The smallest absolute Gasteiger partial charge is 0.358 e. The highest BCUT2D eigenvalue weighted by atomic mass is 31.2. The van der Waals surface area contributed by atoms with Crippen LogP contribution in [0.25, 0.3) is 0 Å². The van der Waals surface area contributed by atoms with Gasteiger partial charge in [-0.25, -0.2) is 0 Å². The van der Waals surface area contributed by atoms with E-state index in [1.54, 1.807) is 0 Å². The van der Waals surface area contributed by atoms with Gasteiger partial charge < -0.3 is 14.2 Å². The molecule has 0 aromatic heterocycles. The summed E-state index contributed by atoms with van der Waals surface area (Å²) in [4.78, 5) is 0. The predicted molar refractivity (Wildman–Crippen MR) is 35.8 cm³/mol. The summed E-state index contributed by atoms with van der Waals surface area (Å²) in [5, 5.41) is 8.92. The van der Waals surface area contributed by atoms with Gasteiger partial charge in [0, 0.05) is 0 Å². The van der Waals surface area contributed by atoms with Crippen molar-refractivity contribution >= 4 is 7.60 Å². The van der Waals surface area contributed by atoms with Crippen molar-refractivity contribution in [3.05, 3.63) is 0 Å². The number of aliphatic hydroxyl groups excluding tert-OH is 1. The zero-order chi connectivity index (χ0) is 7.61. The summed E-state index contributed by atoms with van der Waals surface area (Å²) in [6, 6.07) is 0. The summed E-state index contributed by atoms with van der Waals surface area (Å²) in [7, 11) is -3.13. The summed E-state index contributed by atoms with van der Waals surface area (Å²) in [5.41, 5.74) is 0. The Bertz CT molecular complexity index is 146. The molecule has 0 amide bonds. The fourth-order valence-electron chi connectivity index (χ4n) is 0.696. The molecule has 0 aliphatic carbocycles. The SMILES string of the molecule is CC(O)P1(=O)OCCCO1. The fraction of sp³-hybridized carbons (Fsp3) is 1.00. The van der Waals surface area contributed by atoms with Gasteiger partial charge >= 0.3 is 7.60 Å². The van der Waals surface area contributed by atoms with Gasteiger partial charge in [-0.3, -0.25) is 4.57 Å². The van der Waals surface area contributed by atoms with E-state index in [0.717, 1.165) is 6.42 Å². The molecule has 10 heavy (non-hydrogen) atoms. The van der Waals surface area contributed by atoms with Crippen LogP contribution in [0.1, 0.15) is 13.3 Å². The molecule has 0 aromatic rings. The van der Waals surface area contributed by atoms with Crippen molar-refractivity contribution < 1.29 is 18.7 Å². The average molecular weight is 166 g/mol. The normalized spacial score (nSPS) is 27.8. The largest absolute Gasteiger partial charge is 0.381 e. The Kier molecular flexibility index (Phi) is 2.47. The van der Waals surface area contributed by atoms with Gasteiger partial charge in [0.15, 0.2) is 5.85 Å². The summed E-state index contributed by atoms with van der Waals surface area (Å²) in [6.45, 7) is 2.25. The minimum atomic E-state index is -3.13. The molecule has 0 radical (unpaired) electrons. The molecule has 5 heteroatoms. The summed E-state index contributed by atoms with van der Waals surface area (Å²) >= 11 is 0. The van der Waals surface area contributed by atoms with Gasteiger partial charge in [0.05, 0.1) is 13.2 Å². The highest BCUT2D eigenvalue weighted by Gasteiger charge is 2.33. The van der Waals surface area contributed by atoms with E-state index in [1.807, 2.05) is 0 Å². The standard InChI is InChI=1S/C5H11O4P/c1-5(6)10(7)8-3-2-4-9-10/h5-6H,2-4H2,1H3. The second-order valence-corrected chi connectivity index (χ2v) is 4.54. The molecule has 1 N–H and O–H groups in total. The molecule has 1 saturated heterocycles. The third-order valence-corrected chi connectivity index (χ3v) is 3.29. The van der Waals surface area contributed by atoms with Gasteiger partial charge in [-0.2, -0.15) is 0 Å². The molecule has 0 bridgehead atoms. The second-order valence-electron chi connectivity index (χ2n) is 2.19. The zero-order valence-corrected chi connectivity index (χ0v) is 6.71. The van der Waals surface area contributed by atoms with Crippen LogP contribution in [0.15, 0.2) is 0 Å². The first-order valence-corrected chi connectivity index (χ1v) is 4.83. The number of hydrogen-bond donors (Lipinski definition) is 1. The molecule has 1 heterocycles. The molecular weight excluding hydrogens is 155 g/mol. The zero-order valence-electron chi connectivity index (χ0n) is 5.82. The van der Waals surface area contributed by atoms with E-state index in [0.29, 0.717) is 13.2 Å². The summed E-state index contributed by atoms with van der Waals surface area (Å²) in [5.74, 6) is -1.01. The summed E-state index contributed by atoms with van der Waals surface area (Å²) in [6.07, 6.45) is 0.747. The molecule has 0 saturated carbocycles. The maximum absolute atomic E-state index is 11.2. The minimum absolute atomic E-state index is 0.419. The molecule has 4 nitrogen and oxygen atoms in total. The maximum atomic E-state index is 11.2. The van der Waals surface area contributed by atoms with Crippen molar-refractivity contribution in [3.63, 3.8) is 0 Å². The Morgan fingerprint density at radius 1 is 1.50 bits per heavy atom. The monoisotopic (exact) mass is 166 g/mol. The molecule has 1 unspecified atom stereocenters. The Morgan fingerprint density at radius 3 is 2.30 bits per heavy atom. The Balaban J connectivity index is 2.57. The molecule has 0 spiro atoms. The van der Waals surface area contributed by atoms with Gasteiger partial charge in [-0.15, -0.1) is 0 Å². The number of hydrogen-bond acceptors (Lipinski definition) is 4. The van der Waals surface area contributed by atoms with Crippen molar-refractivity contribution in [2.45, 2.75) is 19.2 Å². The molecule has 0 aromatic carbocycles. The van der Waals surface area contributed by atoms with E-state index in [4.69, 9.17) is 14.2 Å². The van der Waals surface area contributed by atoms with Crippen molar-refractivity contribution in [2.24, 2.45) is 0 Å². The fourth-order valence-corrected chi connectivity index (χ4v) is 1.97. The lowest BCUT2D eigenvalue weighted by Gasteiger charge is -2.24. The Morgan fingerprint density at radius 2 is 2.00 bits per heavy atom. The lowest BCUT2D eigenvalue weighted by atomic mass is 10.5. The van der Waals surface area contributed by atoms with Crippen molar-refractivity contribution in [2.75, 3.05) is 13.2 Å². The van der Waals surface area contributed by atoms with Gasteiger partial charge in [-0.1, -0.05) is 0 Å². The van der Waals surface area contributed by atoms with E-state index in [9.17, 15) is 4.57 Å². The van der Waals surface area contributed by atoms with Crippen molar-refractivity contribution in [1.82, 2.24) is 0 Å². The predicted octanol–water partition coefficient (Wildman–Crippen LogP) is 0.955. The van der Waals surface area contributed by atoms with Crippen LogP contribution in [0, 0.1) is 0 Å². The molecule has 60 valence electrons. The van der Waals surface area contributed by atoms with E-state index >= 15 is 0 Å². The average Bonchev–Trinajstić information content (AvgIpc) is 1.89. The lowest BCUT2D eigenvalue weighted by Crippen LogP contribution is -2.15. The van der Waals surface area contributed by atoms with Crippen LogP contribution in [0.3, 0.4) is 0 Å². The Hall–Kier alpha value is 0.110. The maximum Gasteiger partial charge on any atom is 0.358 e. The van der Waals surface area contributed by atoms with E-state index in [2.05, 4.69) is 0 Å². The first-order valence-electron chi connectivity index (χ1n) is 3.22. The highest BCUT2D eigenvalue weighted by molar-refractivity contribution is 7.54. The molecule has 1 aliphatic heterocycles. The highest BCUT2D eigenvalue weighted by Crippen LogP contribution is 2.53. The van der Waals surface area contributed by atoms with Crippen LogP contribution in [-0.2, 0) is 13.6 Å². The quantitative estimate of drug-likeness (QED) is 0.589. The molecule has 1 fully saturated rings. The summed E-state index contributed by atoms with van der Waals surface area (Å²) < 4.78 is 20.9. The number of aliphatic hydroxyl groups is 1. The third-order valence-electron chi connectivity index (χ3n) is 1.29. The van der Waals surface area contributed by atoms with E-state index < -0.39 is 13.4 Å². The van der Waals surface area contributed by atoms with Crippen molar-refractivity contribution in [1.29, 1.82) is 0 Å². The van der Waals surface area contributed by atoms with Crippen LogP contribution < -0.4 is 0 Å². The Labute approximate surface area is 59.7 Å². The molecular formula is C5H11O4P. The van der Waals surface area contributed by atoms with Gasteiger partial charge in [0.2, 0.25) is 0 Å². The molecule has 1 rings (SSSR count). The van der Waals surface area contributed by atoms with Crippen LogP contribution in [0.4, 0.5) is 0 Å². The van der Waals surface area contributed by atoms with Gasteiger partial charge in [0.1, 0.15) is 0 Å². The van der Waals surface area contributed by atoms with Crippen LogP contribution in [0.2, 0.25) is 0 Å². The second kappa shape index (κ2) is 3.01. The first kappa shape index (κ1) is 8.21. The molecule has 1 atom stereocenters. The van der Waals surface area contributed by atoms with Crippen LogP contribution in [-0.4, -0.2) is 24.2 Å². The number of rotatable bonds is 1. The minimum Gasteiger partial charge on any atom is -0.381 e.